The van der Waals surface area contributed by atoms with Crippen molar-refractivity contribution in [1.82, 2.24) is 4.90 Å². The van der Waals surface area contributed by atoms with Crippen molar-refractivity contribution in [3.8, 4) is 0 Å². The smallest absolute Gasteiger partial charge is 0.227 e. The second-order valence-corrected chi connectivity index (χ2v) is 21.8. The van der Waals surface area contributed by atoms with E-state index in [4.69, 9.17) is 0 Å². The van der Waals surface area contributed by atoms with Gasteiger partial charge in [-0.3, -0.25) is 24.0 Å². The Morgan fingerprint density at radius 1 is 0.898 bits per heavy atom. The number of Topliss-reactive ketones (excluding diaryl/α,β-unsaturated/α-hetero) is 4. The summed E-state index contributed by atoms with van der Waals surface area (Å²) in [6.45, 7) is 17.7. The van der Waals surface area contributed by atoms with Crippen LogP contribution >= 0.6 is 0 Å². The molecule has 5 atom stereocenters. The minimum absolute atomic E-state index is 0.00304. The lowest BCUT2D eigenvalue weighted by molar-refractivity contribution is -0.148. The third-order valence-corrected chi connectivity index (χ3v) is 15.5. The van der Waals surface area contributed by atoms with Gasteiger partial charge in [-0.25, -0.2) is 8.42 Å². The summed E-state index contributed by atoms with van der Waals surface area (Å²) in [6, 6.07) is -0.676. The predicted molar refractivity (Wildman–Crippen MR) is 192 cm³/mol. The van der Waals surface area contributed by atoms with Gasteiger partial charge in [-0.2, -0.15) is 0 Å². The molecule has 1 amide bonds. The lowest BCUT2D eigenvalue weighted by Gasteiger charge is -2.40. The highest BCUT2D eigenvalue weighted by Gasteiger charge is 2.69. The van der Waals surface area contributed by atoms with Gasteiger partial charge in [0.1, 0.15) is 5.78 Å². The second-order valence-electron chi connectivity index (χ2n) is 19.1. The van der Waals surface area contributed by atoms with Crippen molar-refractivity contribution in [1.29, 1.82) is 0 Å². The van der Waals surface area contributed by atoms with Crippen LogP contribution in [0.4, 0.5) is 0 Å². The van der Waals surface area contributed by atoms with Crippen molar-refractivity contribution in [3.63, 3.8) is 0 Å². The fourth-order valence-corrected chi connectivity index (χ4v) is 10.5. The van der Waals surface area contributed by atoms with Gasteiger partial charge in [0.15, 0.2) is 21.4 Å². The Kier molecular flexibility index (Phi) is 11.9. The first kappa shape index (κ1) is 39.9. The largest absolute Gasteiger partial charge is 0.332 e. The van der Waals surface area contributed by atoms with E-state index in [1.54, 1.807) is 25.7 Å². The van der Waals surface area contributed by atoms with Crippen molar-refractivity contribution in [3.05, 3.63) is 0 Å². The third-order valence-electron chi connectivity index (χ3n) is 12.7. The summed E-state index contributed by atoms with van der Waals surface area (Å²) in [5.41, 5.74) is -1.31. The zero-order valence-corrected chi connectivity index (χ0v) is 32.8. The van der Waals surface area contributed by atoms with Crippen LogP contribution in [0.5, 0.6) is 0 Å². The Labute approximate surface area is 296 Å². The lowest BCUT2D eigenvalue weighted by Crippen LogP contribution is -2.51. The molecule has 0 aromatic heterocycles. The highest BCUT2D eigenvalue weighted by atomic mass is 32.2. The van der Waals surface area contributed by atoms with Crippen LogP contribution in [-0.4, -0.2) is 65.4 Å². The molecule has 278 valence electrons. The number of rotatable bonds is 17. The first-order chi connectivity index (χ1) is 22.5. The van der Waals surface area contributed by atoms with Gasteiger partial charge in [-0.15, -0.1) is 0 Å². The van der Waals surface area contributed by atoms with Crippen molar-refractivity contribution in [2.24, 2.45) is 45.8 Å². The standard InChI is InChI=1S/C40H65NO7S/c1-10-11-15-27(35(45)32(44)20-26-16-17-26)21-31(43)34-33-30(39(33,8)9)24-41(34)36(46)29(37(2,3)4)22-28(42)23-40(18-13-12-14-19-40)25-49(47,48)38(5,6)7/h26-27,29-30,33-34H,10-25H2,1-9H3/t27-,29-,30?,33+,34-/m1/s1. The molecule has 3 saturated carbocycles. The molecular formula is C40H65NO7S. The Bertz CT molecular complexity index is 1390. The fraction of sp³-hybridized carbons (Fsp3) is 0.875. The first-order valence-corrected chi connectivity index (χ1v) is 20.8. The molecule has 4 fully saturated rings. The number of ketones is 4. The van der Waals surface area contributed by atoms with Gasteiger partial charge in [-0.05, 0) is 86.9 Å². The molecule has 49 heavy (non-hydrogen) atoms. The highest BCUT2D eigenvalue weighted by molar-refractivity contribution is 7.92. The highest BCUT2D eigenvalue weighted by Crippen LogP contribution is 2.65. The quantitative estimate of drug-likeness (QED) is 0.145. The van der Waals surface area contributed by atoms with E-state index in [9.17, 15) is 32.4 Å². The summed E-state index contributed by atoms with van der Waals surface area (Å²) in [6.07, 6.45) is 8.58. The molecule has 0 aromatic carbocycles. The molecule has 4 rings (SSSR count). The molecule has 0 aromatic rings. The van der Waals surface area contributed by atoms with E-state index in [1.165, 1.54) is 0 Å². The van der Waals surface area contributed by atoms with Crippen LogP contribution in [0.3, 0.4) is 0 Å². The zero-order valence-electron chi connectivity index (χ0n) is 32.0. The fourth-order valence-electron chi connectivity index (χ4n) is 8.91. The van der Waals surface area contributed by atoms with Crippen LogP contribution in [-0.2, 0) is 33.8 Å². The Morgan fingerprint density at radius 2 is 1.51 bits per heavy atom. The number of unbranched alkanes of at least 4 members (excludes halogenated alkanes) is 1. The van der Waals surface area contributed by atoms with Crippen LogP contribution in [0.15, 0.2) is 0 Å². The van der Waals surface area contributed by atoms with Gasteiger partial charge in [0.25, 0.3) is 0 Å². The zero-order chi connectivity index (χ0) is 36.7. The average Bonchev–Trinajstić information content (AvgIpc) is 3.83. The predicted octanol–water partition coefficient (Wildman–Crippen LogP) is 7.35. The molecule has 1 aliphatic heterocycles. The molecule has 9 heteroatoms. The number of fused-ring (bicyclic) bond motifs is 1. The number of nitrogens with zero attached hydrogens (tertiary/aromatic N) is 1. The molecule has 0 radical (unpaired) electrons. The Hall–Kier alpha value is -1.90. The summed E-state index contributed by atoms with van der Waals surface area (Å²) in [5, 5.41) is 0. The first-order valence-electron chi connectivity index (χ1n) is 19.2. The van der Waals surface area contributed by atoms with Crippen LogP contribution in [0.1, 0.15) is 152 Å². The summed E-state index contributed by atoms with van der Waals surface area (Å²) < 4.78 is 25.8. The number of hydrogen-bond acceptors (Lipinski definition) is 7. The molecule has 1 saturated heterocycles. The number of piperidine rings is 1. The molecule has 4 aliphatic rings. The van der Waals surface area contributed by atoms with Crippen LogP contribution < -0.4 is 0 Å². The maximum Gasteiger partial charge on any atom is 0.227 e. The van der Waals surface area contributed by atoms with Crippen molar-refractivity contribution in [2.75, 3.05) is 12.3 Å². The van der Waals surface area contributed by atoms with Crippen LogP contribution in [0.25, 0.3) is 0 Å². The molecular weight excluding hydrogens is 639 g/mol. The minimum atomic E-state index is -3.46. The van der Waals surface area contributed by atoms with E-state index in [-0.39, 0.29) is 71.9 Å². The number of likely N-dealkylation sites (tertiary alicyclic amines) is 1. The number of hydrogen-bond donors (Lipinski definition) is 0. The monoisotopic (exact) mass is 703 g/mol. The van der Waals surface area contributed by atoms with Gasteiger partial charge >= 0.3 is 0 Å². The third kappa shape index (κ3) is 9.13. The van der Waals surface area contributed by atoms with Crippen LogP contribution in [0.2, 0.25) is 0 Å². The maximum absolute atomic E-state index is 14.6. The Balaban J connectivity index is 1.54. The molecule has 8 nitrogen and oxygen atoms in total. The van der Waals surface area contributed by atoms with E-state index < -0.39 is 49.1 Å². The van der Waals surface area contributed by atoms with E-state index in [0.29, 0.717) is 31.7 Å². The van der Waals surface area contributed by atoms with E-state index in [0.717, 1.165) is 44.9 Å². The van der Waals surface area contributed by atoms with Gasteiger partial charge in [0.2, 0.25) is 11.7 Å². The van der Waals surface area contributed by atoms with Crippen molar-refractivity contribution < 1.29 is 32.4 Å². The molecule has 0 spiro atoms. The number of carbonyl (C=O) groups is 5. The van der Waals surface area contributed by atoms with Gasteiger partial charge in [-0.1, -0.05) is 73.6 Å². The summed E-state index contributed by atoms with van der Waals surface area (Å²) >= 11 is 0. The molecule has 0 N–H and O–H groups in total. The van der Waals surface area contributed by atoms with Crippen molar-refractivity contribution >= 4 is 38.9 Å². The number of sulfone groups is 1. The van der Waals surface area contributed by atoms with Gasteiger partial charge < -0.3 is 4.90 Å². The molecule has 1 heterocycles. The summed E-state index contributed by atoms with van der Waals surface area (Å²) in [7, 11) is -3.46. The minimum Gasteiger partial charge on any atom is -0.332 e. The van der Waals surface area contributed by atoms with Crippen molar-refractivity contribution in [2.45, 2.75) is 163 Å². The average molecular weight is 704 g/mol. The van der Waals surface area contributed by atoms with E-state index >= 15 is 0 Å². The summed E-state index contributed by atoms with van der Waals surface area (Å²) in [4.78, 5) is 70.7. The van der Waals surface area contributed by atoms with Crippen LogP contribution in [0, 0.1) is 45.8 Å². The number of carbonyl (C=O) groups excluding carboxylic acids is 5. The Morgan fingerprint density at radius 3 is 2.04 bits per heavy atom. The van der Waals surface area contributed by atoms with E-state index in [2.05, 4.69) is 13.8 Å². The topological polar surface area (TPSA) is 123 Å². The SMILES string of the molecule is CCCC[C@H](CC(=O)[C@@H]1[C@@H]2C(CN1C(=O)[C@@H](CC(=O)CC1(CS(=O)(=O)C(C)(C)C)CCCCC1)C(C)(C)C)C2(C)C)C(=O)C(=O)CC1CC1. The second kappa shape index (κ2) is 14.6. The lowest BCUT2D eigenvalue weighted by atomic mass is 9.70. The molecule has 1 unspecified atom stereocenters. The van der Waals surface area contributed by atoms with Gasteiger partial charge in [0.05, 0.1) is 16.5 Å². The van der Waals surface area contributed by atoms with E-state index in [1.807, 2.05) is 27.7 Å². The molecule has 3 aliphatic carbocycles. The maximum atomic E-state index is 14.6. The number of amides is 1. The normalized spacial score (nSPS) is 26.1. The summed E-state index contributed by atoms with van der Waals surface area (Å²) in [5.74, 6) is -2.15. The van der Waals surface area contributed by atoms with Gasteiger partial charge in [0, 0.05) is 44.1 Å². The molecule has 0 bridgehead atoms.